The predicted molar refractivity (Wildman–Crippen MR) is 134 cm³/mol. The van der Waals surface area contributed by atoms with Crippen molar-refractivity contribution in [3.8, 4) is 17.0 Å². The highest BCUT2D eigenvalue weighted by Crippen LogP contribution is 2.27. The van der Waals surface area contributed by atoms with Crippen molar-refractivity contribution in [3.05, 3.63) is 82.6 Å². The number of benzene rings is 3. The Balaban J connectivity index is 1.62. The van der Waals surface area contributed by atoms with Gasteiger partial charge in [0.2, 0.25) is 4.80 Å². The molecule has 3 aromatic carbocycles. The molecule has 0 saturated heterocycles. The lowest BCUT2D eigenvalue weighted by atomic mass is 10.1. The predicted octanol–water partition coefficient (Wildman–Crippen LogP) is 6.05. The number of hydrogen-bond donors (Lipinski definition) is 1. The molecule has 0 unspecified atom stereocenters. The fraction of sp³-hybridized carbons (Fsp3) is 0.154. The van der Waals surface area contributed by atoms with E-state index in [4.69, 9.17) is 14.8 Å². The molecule has 6 heteroatoms. The average molecular weight is 441 g/mol. The molecule has 0 aliphatic carbocycles. The molecule has 5 nitrogen and oxygen atoms in total. The molecular weight excluding hydrogens is 416 g/mol. The Bertz CT molecular complexity index is 1500. The summed E-state index contributed by atoms with van der Waals surface area (Å²) in [5, 5.41) is 10.4. The zero-order valence-corrected chi connectivity index (χ0v) is 19.1. The molecular formula is C26H24N4OS. The second-order valence-corrected chi connectivity index (χ2v) is 8.74. The lowest BCUT2D eigenvalue weighted by molar-refractivity contribution is 0.415. The van der Waals surface area contributed by atoms with Gasteiger partial charge in [0.05, 0.1) is 19.0 Å². The molecule has 0 aliphatic rings. The zero-order valence-electron chi connectivity index (χ0n) is 18.2. The van der Waals surface area contributed by atoms with Crippen LogP contribution in [0.3, 0.4) is 0 Å². The summed E-state index contributed by atoms with van der Waals surface area (Å²) < 4.78 is 7.30. The van der Waals surface area contributed by atoms with Gasteiger partial charge in [0.25, 0.3) is 0 Å². The number of nitrogens with one attached hydrogen (secondary N) is 1. The summed E-state index contributed by atoms with van der Waals surface area (Å²) in [4.78, 5) is 8.98. The van der Waals surface area contributed by atoms with E-state index in [-0.39, 0.29) is 6.04 Å². The Labute approximate surface area is 190 Å². The van der Waals surface area contributed by atoms with E-state index in [0.717, 1.165) is 49.0 Å². The molecule has 0 amide bonds. The first-order valence-corrected chi connectivity index (χ1v) is 11.4. The van der Waals surface area contributed by atoms with E-state index in [2.05, 4.69) is 66.7 Å². The molecule has 2 aromatic heterocycles. The first-order valence-electron chi connectivity index (χ1n) is 10.6. The van der Waals surface area contributed by atoms with E-state index < -0.39 is 0 Å². The van der Waals surface area contributed by atoms with Gasteiger partial charge in [-0.3, -0.25) is 4.99 Å². The Hall–Kier alpha value is -3.64. The summed E-state index contributed by atoms with van der Waals surface area (Å²) >= 11 is 1.61. The number of aromatic nitrogens is 2. The molecule has 160 valence electrons. The third-order valence-electron chi connectivity index (χ3n) is 5.33. The molecule has 0 aliphatic heterocycles. The second-order valence-electron chi connectivity index (χ2n) is 7.90. The quantitative estimate of drug-likeness (QED) is 0.332. The van der Waals surface area contributed by atoms with Gasteiger partial charge in [-0.25, -0.2) is 4.68 Å². The standard InChI is InChI=1S/C26H24N4OS/c1-17(2)29-26-30(28-15-21-14-27-24-7-5-4-6-23(21)24)25(16-32-26)20-9-8-19-13-22(31-3)11-10-18(19)12-20/h4-17,27H,1-3H3. The highest BCUT2D eigenvalue weighted by Gasteiger charge is 2.10. The van der Waals surface area contributed by atoms with Gasteiger partial charge in [0, 0.05) is 39.6 Å². The summed E-state index contributed by atoms with van der Waals surface area (Å²) in [6, 6.07) is 21.0. The lowest BCUT2D eigenvalue weighted by Crippen LogP contribution is -2.14. The maximum absolute atomic E-state index is 5.36. The monoisotopic (exact) mass is 440 g/mol. The molecule has 2 heterocycles. The molecule has 5 aromatic rings. The van der Waals surface area contributed by atoms with Gasteiger partial charge in [-0.05, 0) is 48.9 Å². The summed E-state index contributed by atoms with van der Waals surface area (Å²) in [5.41, 5.74) is 4.26. The number of fused-ring (bicyclic) bond motifs is 2. The van der Waals surface area contributed by atoms with Gasteiger partial charge < -0.3 is 9.72 Å². The van der Waals surface area contributed by atoms with Crippen molar-refractivity contribution in [2.45, 2.75) is 19.9 Å². The van der Waals surface area contributed by atoms with E-state index in [1.165, 1.54) is 0 Å². The van der Waals surface area contributed by atoms with Crippen molar-refractivity contribution in [1.82, 2.24) is 9.66 Å². The number of H-pyrrole nitrogens is 1. The lowest BCUT2D eigenvalue weighted by Gasteiger charge is -2.07. The van der Waals surface area contributed by atoms with Crippen molar-refractivity contribution in [2.24, 2.45) is 10.1 Å². The number of thiazole rings is 1. The molecule has 0 bridgehead atoms. The van der Waals surface area contributed by atoms with Crippen molar-refractivity contribution < 1.29 is 4.74 Å². The van der Waals surface area contributed by atoms with Gasteiger partial charge >= 0.3 is 0 Å². The highest BCUT2D eigenvalue weighted by molar-refractivity contribution is 7.07. The molecule has 0 saturated carbocycles. The fourth-order valence-corrected chi connectivity index (χ4v) is 4.72. The van der Waals surface area contributed by atoms with Gasteiger partial charge in [-0.15, -0.1) is 11.3 Å². The van der Waals surface area contributed by atoms with Gasteiger partial charge in [-0.2, -0.15) is 5.10 Å². The Morgan fingerprint density at radius 2 is 1.84 bits per heavy atom. The Morgan fingerprint density at radius 3 is 2.69 bits per heavy atom. The highest BCUT2D eigenvalue weighted by atomic mass is 32.1. The third-order valence-corrected chi connectivity index (χ3v) is 6.16. The molecule has 0 fully saturated rings. The first-order chi connectivity index (χ1) is 15.6. The normalized spacial score (nSPS) is 12.6. The SMILES string of the molecule is COc1ccc2cc(-c3csc(=NC(C)C)n3N=Cc3c[nH]c4ccccc34)ccc2c1. The second kappa shape index (κ2) is 8.48. The molecule has 5 rings (SSSR count). The minimum atomic E-state index is 0.181. The summed E-state index contributed by atoms with van der Waals surface area (Å²) in [6.07, 6.45) is 3.89. The van der Waals surface area contributed by atoms with Crippen LogP contribution in [0.25, 0.3) is 32.9 Å². The van der Waals surface area contributed by atoms with E-state index in [0.29, 0.717) is 0 Å². The van der Waals surface area contributed by atoms with Crippen LogP contribution in [0.1, 0.15) is 19.4 Å². The number of rotatable bonds is 5. The van der Waals surface area contributed by atoms with Crippen LogP contribution in [-0.2, 0) is 0 Å². The fourth-order valence-electron chi connectivity index (χ4n) is 3.75. The minimum Gasteiger partial charge on any atom is -0.497 e. The van der Waals surface area contributed by atoms with E-state index in [1.54, 1.807) is 18.4 Å². The maximum Gasteiger partial charge on any atom is 0.206 e. The molecule has 0 radical (unpaired) electrons. The van der Waals surface area contributed by atoms with Crippen molar-refractivity contribution >= 4 is 39.2 Å². The topological polar surface area (TPSA) is 54.7 Å². The van der Waals surface area contributed by atoms with Crippen molar-refractivity contribution in [1.29, 1.82) is 0 Å². The number of para-hydroxylation sites is 1. The van der Waals surface area contributed by atoms with Crippen LogP contribution in [0.4, 0.5) is 0 Å². The number of nitrogens with zero attached hydrogens (tertiary/aromatic N) is 3. The minimum absolute atomic E-state index is 0.181. The van der Waals surface area contributed by atoms with Gasteiger partial charge in [-0.1, -0.05) is 36.4 Å². The van der Waals surface area contributed by atoms with Crippen molar-refractivity contribution in [2.75, 3.05) is 7.11 Å². The largest absolute Gasteiger partial charge is 0.497 e. The summed E-state index contributed by atoms with van der Waals surface area (Å²) in [6.45, 7) is 4.16. The van der Waals surface area contributed by atoms with Crippen LogP contribution in [0.5, 0.6) is 5.75 Å². The van der Waals surface area contributed by atoms with E-state index in [1.807, 2.05) is 35.3 Å². The summed E-state index contributed by atoms with van der Waals surface area (Å²) in [5.74, 6) is 0.859. The van der Waals surface area contributed by atoms with Crippen LogP contribution in [0, 0.1) is 0 Å². The van der Waals surface area contributed by atoms with E-state index in [9.17, 15) is 0 Å². The molecule has 0 spiro atoms. The van der Waals surface area contributed by atoms with Gasteiger partial charge in [0.1, 0.15) is 5.75 Å². The van der Waals surface area contributed by atoms with Crippen LogP contribution in [0.2, 0.25) is 0 Å². The number of methoxy groups -OCH3 is 1. The third kappa shape index (κ3) is 3.85. The molecule has 32 heavy (non-hydrogen) atoms. The van der Waals surface area contributed by atoms with Crippen LogP contribution >= 0.6 is 11.3 Å². The zero-order chi connectivity index (χ0) is 22.1. The Morgan fingerprint density at radius 1 is 1.03 bits per heavy atom. The summed E-state index contributed by atoms with van der Waals surface area (Å²) in [7, 11) is 1.69. The Kier molecular flexibility index (Phi) is 5.37. The molecule has 1 N–H and O–H groups in total. The van der Waals surface area contributed by atoms with E-state index >= 15 is 0 Å². The average Bonchev–Trinajstić information content (AvgIpc) is 3.40. The number of hydrogen-bond acceptors (Lipinski definition) is 4. The van der Waals surface area contributed by atoms with Gasteiger partial charge in [0.15, 0.2) is 0 Å². The number of aromatic amines is 1. The van der Waals surface area contributed by atoms with Crippen LogP contribution < -0.4 is 9.54 Å². The smallest absolute Gasteiger partial charge is 0.206 e. The van der Waals surface area contributed by atoms with Crippen LogP contribution in [0.15, 0.2) is 82.3 Å². The maximum atomic E-state index is 5.36. The molecule has 0 atom stereocenters. The van der Waals surface area contributed by atoms with Crippen LogP contribution in [-0.4, -0.2) is 29.0 Å². The first kappa shape index (κ1) is 20.3. The van der Waals surface area contributed by atoms with Crippen molar-refractivity contribution in [3.63, 3.8) is 0 Å². The number of ether oxygens (including phenoxy) is 1.